The molecule has 210 valence electrons. The van der Waals surface area contributed by atoms with E-state index in [1.54, 1.807) is 0 Å². The van der Waals surface area contributed by atoms with Gasteiger partial charge in [0.1, 0.15) is 0 Å². The van der Waals surface area contributed by atoms with E-state index in [0.29, 0.717) is 0 Å². The summed E-state index contributed by atoms with van der Waals surface area (Å²) in [6, 6.07) is 52.6. The van der Waals surface area contributed by atoms with Crippen molar-refractivity contribution in [3.63, 3.8) is 0 Å². The van der Waals surface area contributed by atoms with Crippen LogP contribution in [0.15, 0.2) is 178 Å². The zero-order valence-electron chi connectivity index (χ0n) is 24.1. The summed E-state index contributed by atoms with van der Waals surface area (Å²) in [5, 5.41) is 0. The number of nitrogens with zero attached hydrogens (tertiary/aromatic N) is 4. The number of hydrogen-bond donors (Lipinski definition) is 0. The Labute approximate surface area is 258 Å². The summed E-state index contributed by atoms with van der Waals surface area (Å²) < 4.78 is 0. The van der Waals surface area contributed by atoms with E-state index in [-0.39, 0.29) is 0 Å². The molecule has 0 bridgehead atoms. The molecule has 0 heterocycles. The van der Waals surface area contributed by atoms with Crippen LogP contribution in [0.1, 0.15) is 22.3 Å². The first-order valence-electron chi connectivity index (χ1n) is 14.5. The zero-order valence-corrected chi connectivity index (χ0v) is 24.1. The highest BCUT2D eigenvalue weighted by Crippen LogP contribution is 2.37. The van der Waals surface area contributed by atoms with Crippen molar-refractivity contribution in [2.45, 2.75) is 0 Å². The van der Waals surface area contributed by atoms with Gasteiger partial charge in [-0.15, -0.1) is 0 Å². The van der Waals surface area contributed by atoms with Crippen LogP contribution in [0.2, 0.25) is 0 Å². The summed E-state index contributed by atoms with van der Waals surface area (Å²) in [5.74, 6) is 0. The van der Waals surface area contributed by atoms with Crippen molar-refractivity contribution in [3.8, 4) is 11.1 Å². The Bertz CT molecular complexity index is 1780. The second-order valence-electron chi connectivity index (χ2n) is 10.1. The summed E-state index contributed by atoms with van der Waals surface area (Å²) in [6.45, 7) is 0. The highest BCUT2D eigenvalue weighted by atomic mass is 14.8. The maximum absolute atomic E-state index is 4.86. The molecule has 0 aliphatic carbocycles. The molecule has 44 heavy (non-hydrogen) atoms. The van der Waals surface area contributed by atoms with Crippen molar-refractivity contribution >= 4 is 47.6 Å². The molecule has 4 heteroatoms. The average Bonchev–Trinajstić information content (AvgIpc) is 3.10. The van der Waals surface area contributed by atoms with Gasteiger partial charge in [0.05, 0.1) is 22.7 Å². The molecule has 0 N–H and O–H groups in total. The molecule has 0 amide bonds. The van der Waals surface area contributed by atoms with Crippen molar-refractivity contribution < 1.29 is 0 Å². The molecular weight excluding hydrogens is 536 g/mol. The first kappa shape index (κ1) is 28.1. The fourth-order valence-corrected chi connectivity index (χ4v) is 4.56. The van der Waals surface area contributed by atoms with E-state index in [0.717, 1.165) is 56.1 Å². The SMILES string of the molecule is C(=Nc1ccc(-c2ccc(N=Cc3ccccc3)c(N=Cc3ccccc3)c2)cc1N=Cc1ccccc1)c1ccccc1. The molecule has 0 spiro atoms. The Morgan fingerprint density at radius 2 is 0.545 bits per heavy atom. The molecular formula is C40H30N4. The lowest BCUT2D eigenvalue weighted by Gasteiger charge is -2.09. The van der Waals surface area contributed by atoms with Crippen molar-refractivity contribution in [2.24, 2.45) is 20.0 Å². The van der Waals surface area contributed by atoms with E-state index < -0.39 is 0 Å². The van der Waals surface area contributed by atoms with Crippen molar-refractivity contribution in [3.05, 3.63) is 180 Å². The van der Waals surface area contributed by atoms with E-state index in [9.17, 15) is 0 Å². The fraction of sp³-hybridized carbons (Fsp3) is 0. The number of benzene rings is 6. The normalized spacial score (nSPS) is 11.7. The second kappa shape index (κ2) is 14.3. The Balaban J connectivity index is 1.38. The van der Waals surface area contributed by atoms with Crippen molar-refractivity contribution in [2.75, 3.05) is 0 Å². The molecule has 4 nitrogen and oxygen atoms in total. The van der Waals surface area contributed by atoms with Gasteiger partial charge < -0.3 is 0 Å². The molecule has 6 aromatic rings. The van der Waals surface area contributed by atoms with Gasteiger partial charge in [-0.05, 0) is 57.6 Å². The van der Waals surface area contributed by atoms with Gasteiger partial charge in [0, 0.05) is 24.9 Å². The number of aliphatic imine (C=N–C) groups is 4. The summed E-state index contributed by atoms with van der Waals surface area (Å²) in [5.41, 5.74) is 9.26. The number of rotatable bonds is 9. The van der Waals surface area contributed by atoms with Crippen LogP contribution in [0.25, 0.3) is 11.1 Å². The molecule has 0 aliphatic rings. The Hall–Kier alpha value is -6.00. The van der Waals surface area contributed by atoms with Crippen LogP contribution in [-0.2, 0) is 0 Å². The first-order valence-corrected chi connectivity index (χ1v) is 14.5. The molecule has 0 saturated carbocycles. The van der Waals surface area contributed by atoms with Gasteiger partial charge in [-0.3, -0.25) is 20.0 Å². The molecule has 0 unspecified atom stereocenters. The molecule has 0 fully saturated rings. The maximum atomic E-state index is 4.86. The standard InChI is InChI=1S/C40H30N4/c1-5-13-31(14-6-1)27-41-37-23-21-35(25-39(37)43-29-33-17-9-3-10-18-33)36-22-24-38(42-28-32-15-7-2-8-16-32)40(26-36)44-30-34-19-11-4-12-20-34/h1-30H. The topological polar surface area (TPSA) is 49.4 Å². The predicted molar refractivity (Wildman–Crippen MR) is 187 cm³/mol. The van der Waals surface area contributed by atoms with Gasteiger partial charge >= 0.3 is 0 Å². The van der Waals surface area contributed by atoms with Crippen molar-refractivity contribution in [1.29, 1.82) is 0 Å². The lowest BCUT2D eigenvalue weighted by atomic mass is 10.0. The monoisotopic (exact) mass is 566 g/mol. The minimum atomic E-state index is 0.777. The Morgan fingerprint density at radius 1 is 0.273 bits per heavy atom. The smallest absolute Gasteiger partial charge is 0.0892 e. The van der Waals surface area contributed by atoms with Crippen LogP contribution in [-0.4, -0.2) is 24.9 Å². The van der Waals surface area contributed by atoms with Crippen LogP contribution >= 0.6 is 0 Å². The van der Waals surface area contributed by atoms with Gasteiger partial charge in [-0.1, -0.05) is 133 Å². The van der Waals surface area contributed by atoms with Crippen LogP contribution in [0.3, 0.4) is 0 Å². The minimum Gasteiger partial charge on any atom is -0.254 e. The van der Waals surface area contributed by atoms with E-state index in [1.165, 1.54) is 0 Å². The van der Waals surface area contributed by atoms with E-state index in [4.69, 9.17) is 20.0 Å². The van der Waals surface area contributed by atoms with Gasteiger partial charge in [-0.25, -0.2) is 0 Å². The van der Waals surface area contributed by atoms with Crippen LogP contribution < -0.4 is 0 Å². The van der Waals surface area contributed by atoms with Gasteiger partial charge in [0.25, 0.3) is 0 Å². The van der Waals surface area contributed by atoms with E-state index in [1.807, 2.05) is 158 Å². The summed E-state index contributed by atoms with van der Waals surface area (Å²) in [7, 11) is 0. The van der Waals surface area contributed by atoms with Crippen LogP contribution in [0.5, 0.6) is 0 Å². The third kappa shape index (κ3) is 7.64. The second-order valence-corrected chi connectivity index (χ2v) is 10.1. The third-order valence-corrected chi connectivity index (χ3v) is 6.89. The molecule has 6 rings (SSSR count). The Morgan fingerprint density at radius 3 is 0.841 bits per heavy atom. The molecule has 0 radical (unpaired) electrons. The average molecular weight is 567 g/mol. The highest BCUT2D eigenvalue weighted by molar-refractivity contribution is 5.90. The lowest BCUT2D eigenvalue weighted by molar-refractivity contribution is 1.43. The van der Waals surface area contributed by atoms with Crippen LogP contribution in [0.4, 0.5) is 22.7 Å². The van der Waals surface area contributed by atoms with Gasteiger partial charge in [-0.2, -0.15) is 0 Å². The molecule has 0 aliphatic heterocycles. The summed E-state index contributed by atoms with van der Waals surface area (Å²) in [6.07, 6.45) is 7.48. The predicted octanol–water partition coefficient (Wildman–Crippen LogP) is 10.4. The molecule has 6 aromatic carbocycles. The van der Waals surface area contributed by atoms with Gasteiger partial charge in [0.15, 0.2) is 0 Å². The highest BCUT2D eigenvalue weighted by Gasteiger charge is 2.08. The van der Waals surface area contributed by atoms with Crippen LogP contribution in [0, 0.1) is 0 Å². The third-order valence-electron chi connectivity index (χ3n) is 6.89. The lowest BCUT2D eigenvalue weighted by Crippen LogP contribution is -1.84. The Kier molecular flexibility index (Phi) is 9.11. The first-order chi connectivity index (χ1) is 21.8. The zero-order chi connectivity index (χ0) is 29.8. The molecule has 0 atom stereocenters. The van der Waals surface area contributed by atoms with E-state index >= 15 is 0 Å². The summed E-state index contributed by atoms with van der Waals surface area (Å²) in [4.78, 5) is 19.3. The number of hydrogen-bond acceptors (Lipinski definition) is 4. The maximum Gasteiger partial charge on any atom is 0.0892 e. The summed E-state index contributed by atoms with van der Waals surface area (Å²) >= 11 is 0. The van der Waals surface area contributed by atoms with Crippen molar-refractivity contribution in [1.82, 2.24) is 0 Å². The van der Waals surface area contributed by atoms with E-state index in [2.05, 4.69) is 24.3 Å². The largest absolute Gasteiger partial charge is 0.254 e. The molecule has 0 aromatic heterocycles. The quantitative estimate of drug-likeness (QED) is 0.156. The van der Waals surface area contributed by atoms with Gasteiger partial charge in [0.2, 0.25) is 0 Å². The minimum absolute atomic E-state index is 0.777. The fourth-order valence-electron chi connectivity index (χ4n) is 4.56. The molecule has 0 saturated heterocycles.